The second-order valence-electron chi connectivity index (χ2n) is 4.23. The standard InChI is InChI=1S/C12H14FN3O3S2/c1-16(12-15-8-11(20-12)21(14,17)18)5-6-19-10-4-2-3-9(13)7-10/h2-4,7-8H,5-6H2,1H3,(H2,14,17,18). The summed E-state index contributed by atoms with van der Waals surface area (Å²) in [6.07, 6.45) is 1.22. The molecule has 0 aliphatic rings. The first-order valence-electron chi connectivity index (χ1n) is 5.94. The largest absolute Gasteiger partial charge is 0.492 e. The van der Waals surface area contributed by atoms with E-state index in [0.717, 1.165) is 11.3 Å². The zero-order valence-corrected chi connectivity index (χ0v) is 12.8. The summed E-state index contributed by atoms with van der Waals surface area (Å²) in [6, 6.07) is 5.85. The third kappa shape index (κ3) is 4.38. The molecule has 0 aliphatic carbocycles. The maximum atomic E-state index is 13.0. The number of aromatic nitrogens is 1. The van der Waals surface area contributed by atoms with Gasteiger partial charge in [-0.2, -0.15) is 0 Å². The quantitative estimate of drug-likeness (QED) is 0.866. The lowest BCUT2D eigenvalue weighted by molar-refractivity contribution is 0.324. The molecule has 0 radical (unpaired) electrons. The molecule has 114 valence electrons. The van der Waals surface area contributed by atoms with Crippen molar-refractivity contribution >= 4 is 26.5 Å². The summed E-state index contributed by atoms with van der Waals surface area (Å²) in [5, 5.41) is 5.54. The van der Waals surface area contributed by atoms with Gasteiger partial charge in [-0.3, -0.25) is 0 Å². The number of rotatable bonds is 6. The summed E-state index contributed by atoms with van der Waals surface area (Å²) in [4.78, 5) is 5.73. The predicted octanol–water partition coefficient (Wildman–Crippen LogP) is 1.44. The number of anilines is 1. The van der Waals surface area contributed by atoms with Gasteiger partial charge in [-0.15, -0.1) is 0 Å². The number of hydrogen-bond acceptors (Lipinski definition) is 6. The van der Waals surface area contributed by atoms with E-state index in [2.05, 4.69) is 4.98 Å². The normalized spacial score (nSPS) is 11.4. The zero-order valence-electron chi connectivity index (χ0n) is 11.2. The fraction of sp³-hybridized carbons (Fsp3) is 0.250. The summed E-state index contributed by atoms with van der Waals surface area (Å²) < 4.78 is 40.7. The molecule has 0 bridgehead atoms. The first-order valence-corrected chi connectivity index (χ1v) is 8.30. The number of nitrogens with two attached hydrogens (primary N) is 1. The number of halogens is 1. The van der Waals surface area contributed by atoms with E-state index < -0.39 is 10.0 Å². The van der Waals surface area contributed by atoms with Gasteiger partial charge in [0.2, 0.25) is 10.0 Å². The van der Waals surface area contributed by atoms with E-state index >= 15 is 0 Å². The summed E-state index contributed by atoms with van der Waals surface area (Å²) in [5.41, 5.74) is 0. The molecular weight excluding hydrogens is 317 g/mol. The van der Waals surface area contributed by atoms with Crippen LogP contribution in [-0.4, -0.2) is 33.6 Å². The molecule has 0 saturated heterocycles. The highest BCUT2D eigenvalue weighted by Crippen LogP contribution is 2.24. The molecule has 0 aliphatic heterocycles. The Balaban J connectivity index is 1.90. The Bertz CT molecular complexity index is 718. The molecule has 0 amide bonds. The Morgan fingerprint density at radius 3 is 2.86 bits per heavy atom. The molecule has 2 N–H and O–H groups in total. The van der Waals surface area contributed by atoms with Crippen molar-refractivity contribution in [3.63, 3.8) is 0 Å². The van der Waals surface area contributed by atoms with E-state index in [-0.39, 0.29) is 10.0 Å². The van der Waals surface area contributed by atoms with Crippen LogP contribution in [0.1, 0.15) is 0 Å². The minimum atomic E-state index is -3.73. The van der Waals surface area contributed by atoms with Crippen LogP contribution in [0.25, 0.3) is 0 Å². The number of thiazole rings is 1. The fourth-order valence-electron chi connectivity index (χ4n) is 1.51. The third-order valence-corrected chi connectivity index (χ3v) is 5.09. The van der Waals surface area contributed by atoms with Crippen LogP contribution in [-0.2, 0) is 10.0 Å². The highest BCUT2D eigenvalue weighted by Gasteiger charge is 2.14. The molecule has 21 heavy (non-hydrogen) atoms. The maximum absolute atomic E-state index is 13.0. The Hall–Kier alpha value is -1.71. The van der Waals surface area contributed by atoms with Crippen LogP contribution in [0, 0.1) is 5.82 Å². The second-order valence-corrected chi connectivity index (χ2v) is 7.03. The average Bonchev–Trinajstić information content (AvgIpc) is 2.88. The number of primary sulfonamides is 1. The van der Waals surface area contributed by atoms with Gasteiger partial charge in [0, 0.05) is 13.1 Å². The van der Waals surface area contributed by atoms with Gasteiger partial charge < -0.3 is 9.64 Å². The third-order valence-electron chi connectivity index (χ3n) is 2.57. The van der Waals surface area contributed by atoms with E-state index in [1.54, 1.807) is 24.1 Å². The van der Waals surface area contributed by atoms with Crippen molar-refractivity contribution in [2.24, 2.45) is 5.14 Å². The molecule has 9 heteroatoms. The fourth-order valence-corrected chi connectivity index (χ4v) is 3.04. The second kappa shape index (κ2) is 6.37. The summed E-state index contributed by atoms with van der Waals surface area (Å²) in [7, 11) is -1.98. The average molecular weight is 331 g/mol. The Labute approximate surface area is 126 Å². The van der Waals surface area contributed by atoms with Gasteiger partial charge in [0.25, 0.3) is 0 Å². The lowest BCUT2D eigenvalue weighted by Gasteiger charge is -2.15. The molecule has 0 unspecified atom stereocenters. The van der Waals surface area contributed by atoms with Crippen LogP contribution >= 0.6 is 11.3 Å². The molecule has 1 heterocycles. The van der Waals surface area contributed by atoms with Gasteiger partial charge >= 0.3 is 0 Å². The molecule has 1 aromatic heterocycles. The van der Waals surface area contributed by atoms with Gasteiger partial charge in [0.15, 0.2) is 9.34 Å². The maximum Gasteiger partial charge on any atom is 0.249 e. The van der Waals surface area contributed by atoms with Crippen molar-refractivity contribution in [1.29, 1.82) is 0 Å². The zero-order chi connectivity index (χ0) is 15.5. The minimum Gasteiger partial charge on any atom is -0.492 e. The van der Waals surface area contributed by atoms with Crippen LogP contribution in [0.5, 0.6) is 5.75 Å². The van der Waals surface area contributed by atoms with E-state index in [1.165, 1.54) is 18.3 Å². The minimum absolute atomic E-state index is 0.00963. The van der Waals surface area contributed by atoms with E-state index in [9.17, 15) is 12.8 Å². The molecule has 2 aromatic rings. The lowest BCUT2D eigenvalue weighted by atomic mass is 10.3. The van der Waals surface area contributed by atoms with Crippen LogP contribution in [0.15, 0.2) is 34.7 Å². The molecule has 6 nitrogen and oxygen atoms in total. The number of ether oxygens (including phenoxy) is 1. The van der Waals surface area contributed by atoms with Crippen LogP contribution in [0.4, 0.5) is 9.52 Å². The topological polar surface area (TPSA) is 85.5 Å². The van der Waals surface area contributed by atoms with Crippen molar-refractivity contribution < 1.29 is 17.5 Å². The monoisotopic (exact) mass is 331 g/mol. The van der Waals surface area contributed by atoms with Crippen molar-refractivity contribution in [2.75, 3.05) is 25.1 Å². The highest BCUT2D eigenvalue weighted by molar-refractivity contribution is 7.91. The smallest absolute Gasteiger partial charge is 0.249 e. The molecule has 0 saturated carbocycles. The van der Waals surface area contributed by atoms with Gasteiger partial charge in [-0.1, -0.05) is 17.4 Å². The molecule has 2 rings (SSSR count). The number of benzene rings is 1. The number of sulfonamides is 1. The molecule has 1 aromatic carbocycles. The van der Waals surface area contributed by atoms with Crippen molar-refractivity contribution in [1.82, 2.24) is 4.98 Å². The molecular formula is C12H14FN3O3S2. The SMILES string of the molecule is CN(CCOc1cccc(F)c1)c1ncc(S(N)(=O)=O)s1. The van der Waals surface area contributed by atoms with Gasteiger partial charge in [0.1, 0.15) is 18.2 Å². The van der Waals surface area contributed by atoms with Gasteiger partial charge in [-0.25, -0.2) is 22.9 Å². The summed E-state index contributed by atoms with van der Waals surface area (Å²) in [6.45, 7) is 0.776. The predicted molar refractivity (Wildman–Crippen MR) is 78.7 cm³/mol. The van der Waals surface area contributed by atoms with E-state index in [1.807, 2.05) is 0 Å². The number of likely N-dealkylation sites (N-methyl/N-ethyl adjacent to an activating group) is 1. The van der Waals surface area contributed by atoms with Crippen molar-refractivity contribution in [3.8, 4) is 5.75 Å². The van der Waals surface area contributed by atoms with Crippen LogP contribution in [0.3, 0.4) is 0 Å². The number of hydrogen-bond donors (Lipinski definition) is 1. The first-order chi connectivity index (χ1) is 9.86. The highest BCUT2D eigenvalue weighted by atomic mass is 32.2. The Morgan fingerprint density at radius 2 is 2.24 bits per heavy atom. The van der Waals surface area contributed by atoms with Gasteiger partial charge in [0.05, 0.1) is 12.7 Å². The van der Waals surface area contributed by atoms with Crippen molar-refractivity contribution in [2.45, 2.75) is 4.21 Å². The summed E-state index contributed by atoms with van der Waals surface area (Å²) in [5.74, 6) is 0.0753. The van der Waals surface area contributed by atoms with Crippen LogP contribution < -0.4 is 14.8 Å². The van der Waals surface area contributed by atoms with E-state index in [0.29, 0.717) is 24.0 Å². The number of nitrogens with zero attached hydrogens (tertiary/aromatic N) is 2. The molecule has 0 atom stereocenters. The van der Waals surface area contributed by atoms with Crippen LogP contribution in [0.2, 0.25) is 0 Å². The van der Waals surface area contributed by atoms with Gasteiger partial charge in [-0.05, 0) is 12.1 Å². The Morgan fingerprint density at radius 1 is 1.48 bits per heavy atom. The molecule has 0 fully saturated rings. The lowest BCUT2D eigenvalue weighted by Crippen LogP contribution is -2.23. The first kappa shape index (κ1) is 15.7. The molecule has 0 spiro atoms. The van der Waals surface area contributed by atoms with Crippen molar-refractivity contribution in [3.05, 3.63) is 36.3 Å². The Kier molecular flexibility index (Phi) is 4.76. The summed E-state index contributed by atoms with van der Waals surface area (Å²) >= 11 is 0.983. The van der Waals surface area contributed by atoms with E-state index in [4.69, 9.17) is 9.88 Å².